The summed E-state index contributed by atoms with van der Waals surface area (Å²) in [5, 5.41) is 3.39. The number of anilines is 1. The Labute approximate surface area is 171 Å². The molecule has 0 spiro atoms. The summed E-state index contributed by atoms with van der Waals surface area (Å²) < 4.78 is 28.4. The molecule has 2 rings (SSSR count). The van der Waals surface area contributed by atoms with Crippen LogP contribution in [0.25, 0.3) is 0 Å². The normalized spacial score (nSPS) is 12.3. The number of hydrogen-bond acceptors (Lipinski definition) is 4. The molecule has 0 aliphatic heterocycles. The van der Waals surface area contributed by atoms with E-state index in [2.05, 4.69) is 5.32 Å². The Morgan fingerprint density at radius 1 is 1.18 bits per heavy atom. The van der Waals surface area contributed by atoms with E-state index < -0.39 is 10.1 Å². The topological polar surface area (TPSA) is 75.7 Å². The van der Waals surface area contributed by atoms with Crippen LogP contribution in [0.3, 0.4) is 0 Å². The highest BCUT2D eigenvalue weighted by molar-refractivity contribution is 7.87. The van der Waals surface area contributed by atoms with Crippen molar-refractivity contribution in [2.45, 2.75) is 39.8 Å². The van der Waals surface area contributed by atoms with Crippen LogP contribution in [-0.4, -0.2) is 31.1 Å². The minimum absolute atomic E-state index is 0.0249. The van der Waals surface area contributed by atoms with Crippen LogP contribution >= 0.6 is 11.6 Å². The molecule has 2 aromatic rings. The van der Waals surface area contributed by atoms with E-state index in [1.54, 1.807) is 47.4 Å². The predicted molar refractivity (Wildman–Crippen MR) is 112 cm³/mol. The molecule has 0 unspecified atom stereocenters. The Hall–Kier alpha value is -2.25. The van der Waals surface area contributed by atoms with Crippen molar-refractivity contribution in [2.75, 3.05) is 11.1 Å². The number of halogens is 1. The molecule has 152 valence electrons. The van der Waals surface area contributed by atoms with Crippen molar-refractivity contribution in [3.8, 4) is 5.75 Å². The fourth-order valence-corrected chi connectivity index (χ4v) is 3.21. The van der Waals surface area contributed by atoms with E-state index in [0.29, 0.717) is 17.3 Å². The SMILES string of the molecule is CC[C@H](C)N(Cc1cccc(OS(=O)(=O)CC)c1)C(=O)Nc1cccc(Cl)c1. The molecule has 6 nitrogen and oxygen atoms in total. The zero-order chi connectivity index (χ0) is 20.7. The van der Waals surface area contributed by atoms with Gasteiger partial charge < -0.3 is 14.4 Å². The molecule has 0 saturated carbocycles. The molecule has 0 bridgehead atoms. The molecule has 0 radical (unpaired) electrons. The maximum atomic E-state index is 12.8. The lowest BCUT2D eigenvalue weighted by Gasteiger charge is -2.29. The average molecular weight is 425 g/mol. The summed E-state index contributed by atoms with van der Waals surface area (Å²) in [4.78, 5) is 14.5. The Balaban J connectivity index is 2.19. The molecule has 8 heteroatoms. The Kier molecular flexibility index (Phi) is 7.71. The van der Waals surface area contributed by atoms with Gasteiger partial charge in [-0.2, -0.15) is 8.42 Å². The summed E-state index contributed by atoms with van der Waals surface area (Å²) in [6, 6.07) is 13.4. The summed E-state index contributed by atoms with van der Waals surface area (Å²) in [6.45, 7) is 5.78. The fraction of sp³-hybridized carbons (Fsp3) is 0.350. The summed E-state index contributed by atoms with van der Waals surface area (Å²) in [5.41, 5.74) is 1.38. The molecule has 0 heterocycles. The molecule has 0 aliphatic carbocycles. The number of rotatable bonds is 8. The third-order valence-corrected chi connectivity index (χ3v) is 5.68. The van der Waals surface area contributed by atoms with Crippen molar-refractivity contribution in [3.05, 3.63) is 59.1 Å². The number of benzene rings is 2. The monoisotopic (exact) mass is 424 g/mol. The van der Waals surface area contributed by atoms with Crippen LogP contribution in [0.5, 0.6) is 5.75 Å². The molecule has 1 atom stereocenters. The number of urea groups is 1. The van der Waals surface area contributed by atoms with Crippen LogP contribution in [0.1, 0.15) is 32.8 Å². The molecule has 0 aromatic heterocycles. The van der Waals surface area contributed by atoms with E-state index in [4.69, 9.17) is 15.8 Å². The van der Waals surface area contributed by atoms with Crippen molar-refractivity contribution >= 4 is 33.4 Å². The molecule has 0 fully saturated rings. The number of carbonyl (C=O) groups excluding carboxylic acids is 1. The highest BCUT2D eigenvalue weighted by Gasteiger charge is 2.20. The highest BCUT2D eigenvalue weighted by Crippen LogP contribution is 2.20. The number of nitrogens with zero attached hydrogens (tertiary/aromatic N) is 1. The molecular formula is C20H25ClN2O4S. The lowest BCUT2D eigenvalue weighted by atomic mass is 10.1. The summed E-state index contributed by atoms with van der Waals surface area (Å²) in [5.74, 6) is 0.122. The van der Waals surface area contributed by atoms with Gasteiger partial charge in [-0.3, -0.25) is 0 Å². The standard InChI is InChI=1S/C20H25ClN2O4S/c1-4-15(3)23(20(24)22-18-10-7-9-17(21)13-18)14-16-8-6-11-19(12-16)27-28(25,26)5-2/h6-13,15H,4-5,14H2,1-3H3,(H,22,24)/t15-/m0/s1. The van der Waals surface area contributed by atoms with Crippen LogP contribution in [0.4, 0.5) is 10.5 Å². The van der Waals surface area contributed by atoms with Gasteiger partial charge in [0.2, 0.25) is 0 Å². The average Bonchev–Trinajstić information content (AvgIpc) is 2.65. The summed E-state index contributed by atoms with van der Waals surface area (Å²) in [6.07, 6.45) is 0.767. The third kappa shape index (κ3) is 6.42. The van der Waals surface area contributed by atoms with Gasteiger partial charge >= 0.3 is 16.1 Å². The first-order valence-corrected chi connectivity index (χ1v) is 11.0. The second-order valence-electron chi connectivity index (χ2n) is 6.40. The van der Waals surface area contributed by atoms with Crippen LogP contribution < -0.4 is 9.50 Å². The minimum Gasteiger partial charge on any atom is -0.382 e. The van der Waals surface area contributed by atoms with Crippen LogP contribution in [-0.2, 0) is 16.7 Å². The third-order valence-electron chi connectivity index (χ3n) is 4.29. The van der Waals surface area contributed by atoms with Gasteiger partial charge in [0.05, 0.1) is 5.75 Å². The van der Waals surface area contributed by atoms with Crippen molar-refractivity contribution in [2.24, 2.45) is 0 Å². The van der Waals surface area contributed by atoms with Crippen molar-refractivity contribution in [1.82, 2.24) is 4.90 Å². The number of carbonyl (C=O) groups is 1. The van der Waals surface area contributed by atoms with Gasteiger partial charge in [0.25, 0.3) is 0 Å². The lowest BCUT2D eigenvalue weighted by molar-refractivity contribution is 0.187. The summed E-state index contributed by atoms with van der Waals surface area (Å²) in [7, 11) is -3.61. The zero-order valence-electron chi connectivity index (χ0n) is 16.2. The van der Waals surface area contributed by atoms with Gasteiger partial charge in [0.1, 0.15) is 5.75 Å². The van der Waals surface area contributed by atoms with E-state index in [-0.39, 0.29) is 23.6 Å². The van der Waals surface area contributed by atoms with Gasteiger partial charge in [-0.1, -0.05) is 36.7 Å². The number of amides is 2. The minimum atomic E-state index is -3.61. The number of hydrogen-bond donors (Lipinski definition) is 1. The zero-order valence-corrected chi connectivity index (χ0v) is 17.8. The van der Waals surface area contributed by atoms with Crippen molar-refractivity contribution in [1.29, 1.82) is 0 Å². The quantitative estimate of drug-likeness (QED) is 0.611. The first-order valence-electron chi connectivity index (χ1n) is 9.08. The molecular weight excluding hydrogens is 400 g/mol. The molecule has 0 saturated heterocycles. The van der Waals surface area contributed by atoms with Gasteiger partial charge in [-0.25, -0.2) is 4.79 Å². The lowest BCUT2D eigenvalue weighted by Crippen LogP contribution is -2.40. The van der Waals surface area contributed by atoms with E-state index in [1.807, 2.05) is 19.9 Å². The molecule has 1 N–H and O–H groups in total. The van der Waals surface area contributed by atoms with E-state index in [0.717, 1.165) is 12.0 Å². The maximum absolute atomic E-state index is 12.8. The largest absolute Gasteiger partial charge is 0.382 e. The summed E-state index contributed by atoms with van der Waals surface area (Å²) >= 11 is 5.98. The number of nitrogens with one attached hydrogen (secondary N) is 1. The second-order valence-corrected chi connectivity index (χ2v) is 8.70. The van der Waals surface area contributed by atoms with Crippen LogP contribution in [0.15, 0.2) is 48.5 Å². The Morgan fingerprint density at radius 2 is 1.89 bits per heavy atom. The van der Waals surface area contributed by atoms with E-state index in [1.165, 1.54) is 6.92 Å². The van der Waals surface area contributed by atoms with Gasteiger partial charge in [-0.15, -0.1) is 0 Å². The van der Waals surface area contributed by atoms with Crippen molar-refractivity contribution in [3.63, 3.8) is 0 Å². The molecule has 2 aromatic carbocycles. The molecule has 0 aliphatic rings. The van der Waals surface area contributed by atoms with Gasteiger partial charge in [0.15, 0.2) is 0 Å². The second kappa shape index (κ2) is 9.80. The fourth-order valence-electron chi connectivity index (χ4n) is 2.51. The predicted octanol–water partition coefficient (Wildman–Crippen LogP) is 4.90. The van der Waals surface area contributed by atoms with Crippen LogP contribution in [0.2, 0.25) is 5.02 Å². The first-order chi connectivity index (χ1) is 13.2. The maximum Gasteiger partial charge on any atom is 0.322 e. The van der Waals surface area contributed by atoms with Gasteiger partial charge in [0, 0.05) is 23.3 Å². The Morgan fingerprint density at radius 3 is 2.54 bits per heavy atom. The highest BCUT2D eigenvalue weighted by atomic mass is 35.5. The first kappa shape index (κ1) is 22.0. The van der Waals surface area contributed by atoms with E-state index >= 15 is 0 Å². The van der Waals surface area contributed by atoms with Gasteiger partial charge in [-0.05, 0) is 56.2 Å². The van der Waals surface area contributed by atoms with Crippen LogP contribution in [0, 0.1) is 0 Å². The van der Waals surface area contributed by atoms with E-state index in [9.17, 15) is 13.2 Å². The molecule has 28 heavy (non-hydrogen) atoms. The molecule has 2 amide bonds. The Bertz CT molecular complexity index is 918. The van der Waals surface area contributed by atoms with Crippen molar-refractivity contribution < 1.29 is 17.4 Å². The smallest absolute Gasteiger partial charge is 0.322 e.